The number of carbonyl (C=O) groups is 1. The highest BCUT2D eigenvalue weighted by molar-refractivity contribution is 5.86. The summed E-state index contributed by atoms with van der Waals surface area (Å²) >= 11 is 0. The fraction of sp³-hybridized carbons (Fsp3) is 0.632. The molecule has 1 saturated carbocycles. The number of rotatable bonds is 1. The topological polar surface area (TPSA) is 26.3 Å². The van der Waals surface area contributed by atoms with Gasteiger partial charge < -0.3 is 4.74 Å². The summed E-state index contributed by atoms with van der Waals surface area (Å²) in [7, 11) is 1.74. The summed E-state index contributed by atoms with van der Waals surface area (Å²) in [5.41, 5.74) is 4.13. The summed E-state index contributed by atoms with van der Waals surface area (Å²) in [4.78, 5) is 12.4. The molecule has 0 spiro atoms. The number of hydrogen-bond acceptors (Lipinski definition) is 2. The first-order chi connectivity index (χ1) is 9.82. The highest BCUT2D eigenvalue weighted by Gasteiger charge is 2.53. The molecule has 0 bridgehead atoms. The molecule has 2 nitrogen and oxygen atoms in total. The molecule has 1 aromatic carbocycles. The van der Waals surface area contributed by atoms with Crippen molar-refractivity contribution < 1.29 is 9.53 Å². The van der Waals surface area contributed by atoms with E-state index in [-0.39, 0.29) is 10.8 Å². The largest absolute Gasteiger partial charge is 0.496 e. The third-order valence-corrected chi connectivity index (χ3v) is 6.30. The fourth-order valence-corrected chi connectivity index (χ4v) is 4.96. The van der Waals surface area contributed by atoms with Crippen molar-refractivity contribution in [3.8, 4) is 5.75 Å². The predicted octanol–water partition coefficient (Wildman–Crippen LogP) is 4.21. The molecule has 0 unspecified atom stereocenters. The maximum atomic E-state index is 12.4. The molecule has 0 aromatic heterocycles. The first kappa shape index (κ1) is 14.6. The van der Waals surface area contributed by atoms with Gasteiger partial charge in [0, 0.05) is 11.8 Å². The first-order valence-electron chi connectivity index (χ1n) is 8.02. The van der Waals surface area contributed by atoms with Crippen molar-refractivity contribution in [3.63, 3.8) is 0 Å². The Bertz CT molecular complexity index is 600. The average molecular weight is 286 g/mol. The molecular formula is C19H26O2. The minimum Gasteiger partial charge on any atom is -0.496 e. The lowest BCUT2D eigenvalue weighted by atomic mass is 9.50. The van der Waals surface area contributed by atoms with Gasteiger partial charge in [-0.05, 0) is 60.3 Å². The molecule has 0 aliphatic heterocycles. The predicted molar refractivity (Wildman–Crippen MR) is 84.9 cm³/mol. The van der Waals surface area contributed by atoms with Gasteiger partial charge >= 0.3 is 0 Å². The Morgan fingerprint density at radius 2 is 1.90 bits per heavy atom. The molecule has 2 aliphatic carbocycles. The van der Waals surface area contributed by atoms with E-state index in [0.29, 0.717) is 18.1 Å². The van der Waals surface area contributed by atoms with E-state index in [9.17, 15) is 4.79 Å². The van der Waals surface area contributed by atoms with Crippen LogP contribution in [0.5, 0.6) is 5.75 Å². The summed E-state index contributed by atoms with van der Waals surface area (Å²) in [6.45, 7) is 8.84. The molecule has 0 radical (unpaired) electrons. The Kier molecular flexibility index (Phi) is 3.20. The number of carbonyl (C=O) groups excluding carboxylic acids is 1. The van der Waals surface area contributed by atoms with Crippen LogP contribution in [0.25, 0.3) is 0 Å². The third-order valence-electron chi connectivity index (χ3n) is 6.30. The summed E-state index contributed by atoms with van der Waals surface area (Å²) in [6.07, 6.45) is 3.87. The van der Waals surface area contributed by atoms with Gasteiger partial charge in [-0.25, -0.2) is 0 Å². The number of fused-ring (bicyclic) bond motifs is 3. The van der Waals surface area contributed by atoms with Crippen LogP contribution in [0, 0.1) is 18.3 Å². The normalized spacial score (nSPS) is 30.5. The van der Waals surface area contributed by atoms with Crippen LogP contribution >= 0.6 is 0 Å². The minimum atomic E-state index is -0.196. The van der Waals surface area contributed by atoms with Gasteiger partial charge in [0.25, 0.3) is 0 Å². The van der Waals surface area contributed by atoms with Gasteiger partial charge in [-0.15, -0.1) is 0 Å². The van der Waals surface area contributed by atoms with Gasteiger partial charge in [-0.1, -0.05) is 26.8 Å². The molecule has 1 fully saturated rings. The van der Waals surface area contributed by atoms with Crippen molar-refractivity contribution in [1.29, 1.82) is 0 Å². The Morgan fingerprint density at radius 3 is 2.57 bits per heavy atom. The number of hydrogen-bond donors (Lipinski definition) is 0. The first-order valence-corrected chi connectivity index (χ1v) is 8.02. The average Bonchev–Trinajstić information content (AvgIpc) is 2.44. The molecule has 0 saturated heterocycles. The van der Waals surface area contributed by atoms with Gasteiger partial charge in [0.1, 0.15) is 11.5 Å². The molecule has 3 rings (SSSR count). The second-order valence-electron chi connectivity index (χ2n) is 7.57. The van der Waals surface area contributed by atoms with Crippen LogP contribution in [0.3, 0.4) is 0 Å². The SMILES string of the molecule is COc1ccc2c(c1C)CC[C@H]1C(C)(C)C(=O)CC[C@@]21C. The maximum absolute atomic E-state index is 12.4. The number of methoxy groups -OCH3 is 1. The minimum absolute atomic E-state index is 0.127. The third kappa shape index (κ3) is 1.88. The van der Waals surface area contributed by atoms with Crippen LogP contribution in [0.1, 0.15) is 56.7 Å². The molecule has 0 amide bonds. The molecule has 0 heterocycles. The lowest BCUT2D eigenvalue weighted by Gasteiger charge is -2.53. The Morgan fingerprint density at radius 1 is 1.19 bits per heavy atom. The summed E-state index contributed by atoms with van der Waals surface area (Å²) in [5, 5.41) is 0. The molecular weight excluding hydrogens is 260 g/mol. The zero-order valence-electron chi connectivity index (χ0n) is 13.9. The zero-order chi connectivity index (χ0) is 15.4. The van der Waals surface area contributed by atoms with Gasteiger partial charge in [0.05, 0.1) is 7.11 Å². The van der Waals surface area contributed by atoms with Crippen LogP contribution < -0.4 is 4.74 Å². The molecule has 21 heavy (non-hydrogen) atoms. The highest BCUT2D eigenvalue weighted by atomic mass is 16.5. The van der Waals surface area contributed by atoms with Crippen molar-refractivity contribution in [2.24, 2.45) is 11.3 Å². The van der Waals surface area contributed by atoms with Crippen LogP contribution in [-0.2, 0) is 16.6 Å². The number of Topliss-reactive ketones (excluding diaryl/α,β-unsaturated/α-hetero) is 1. The van der Waals surface area contributed by atoms with E-state index in [4.69, 9.17) is 4.74 Å². The smallest absolute Gasteiger partial charge is 0.138 e. The van der Waals surface area contributed by atoms with Crippen molar-refractivity contribution in [3.05, 3.63) is 28.8 Å². The standard InChI is InChI=1S/C19H26O2/c1-12-13-6-9-16-18(2,3)17(20)10-11-19(16,4)14(13)7-8-15(12)21-5/h7-8,16H,6,9-11H2,1-5H3/t16-,19-/m0/s1. The van der Waals surface area contributed by atoms with Crippen molar-refractivity contribution >= 4 is 5.78 Å². The number of ether oxygens (including phenoxy) is 1. The van der Waals surface area contributed by atoms with E-state index in [1.807, 2.05) is 0 Å². The quantitative estimate of drug-likeness (QED) is 0.773. The summed E-state index contributed by atoms with van der Waals surface area (Å²) < 4.78 is 5.48. The van der Waals surface area contributed by atoms with E-state index < -0.39 is 0 Å². The van der Waals surface area contributed by atoms with Crippen molar-refractivity contribution in [2.45, 2.75) is 58.8 Å². The second-order valence-corrected chi connectivity index (χ2v) is 7.57. The number of benzene rings is 1. The monoisotopic (exact) mass is 286 g/mol. The van der Waals surface area contributed by atoms with Crippen LogP contribution in [0.2, 0.25) is 0 Å². The molecule has 114 valence electrons. The summed E-state index contributed by atoms with van der Waals surface area (Å²) in [5.74, 6) is 1.88. The second kappa shape index (κ2) is 4.59. The van der Waals surface area contributed by atoms with Crippen LogP contribution in [0.4, 0.5) is 0 Å². The Labute approximate surface area is 127 Å². The van der Waals surface area contributed by atoms with E-state index in [0.717, 1.165) is 25.0 Å². The zero-order valence-corrected chi connectivity index (χ0v) is 13.9. The lowest BCUT2D eigenvalue weighted by molar-refractivity contribution is -0.137. The Balaban J connectivity index is 2.15. The van der Waals surface area contributed by atoms with E-state index in [1.54, 1.807) is 7.11 Å². The molecule has 1 aromatic rings. The molecule has 0 N–H and O–H groups in total. The van der Waals surface area contributed by atoms with Crippen LogP contribution in [0.15, 0.2) is 12.1 Å². The maximum Gasteiger partial charge on any atom is 0.138 e. The van der Waals surface area contributed by atoms with Crippen molar-refractivity contribution in [2.75, 3.05) is 7.11 Å². The van der Waals surface area contributed by atoms with Gasteiger partial charge in [0.15, 0.2) is 0 Å². The molecule has 2 heteroatoms. The van der Waals surface area contributed by atoms with E-state index in [1.165, 1.54) is 16.7 Å². The van der Waals surface area contributed by atoms with Crippen molar-refractivity contribution in [1.82, 2.24) is 0 Å². The fourth-order valence-electron chi connectivity index (χ4n) is 4.96. The molecule has 2 atom stereocenters. The highest BCUT2D eigenvalue weighted by Crippen LogP contribution is 2.56. The Hall–Kier alpha value is -1.31. The summed E-state index contributed by atoms with van der Waals surface area (Å²) in [6, 6.07) is 4.35. The van der Waals surface area contributed by atoms with E-state index >= 15 is 0 Å². The van der Waals surface area contributed by atoms with E-state index in [2.05, 4.69) is 39.8 Å². The van der Waals surface area contributed by atoms with Crippen LogP contribution in [-0.4, -0.2) is 12.9 Å². The molecule has 2 aliphatic rings. The van der Waals surface area contributed by atoms with Gasteiger partial charge in [-0.2, -0.15) is 0 Å². The van der Waals surface area contributed by atoms with Gasteiger partial charge in [-0.3, -0.25) is 4.79 Å². The lowest BCUT2D eigenvalue weighted by Crippen LogP contribution is -2.52. The number of ketones is 1. The van der Waals surface area contributed by atoms with Gasteiger partial charge in [0.2, 0.25) is 0 Å².